The molecular formula is C35H47N4O10S4+. The lowest BCUT2D eigenvalue weighted by Gasteiger charge is -2.27. The Morgan fingerprint density at radius 3 is 2.09 bits per heavy atom. The van der Waals surface area contributed by atoms with Crippen molar-refractivity contribution in [3.63, 3.8) is 0 Å². The molecule has 290 valence electrons. The lowest BCUT2D eigenvalue weighted by atomic mass is 9.81. The lowest BCUT2D eigenvalue weighted by molar-refractivity contribution is -0.438. The maximum atomic E-state index is 12.2. The van der Waals surface area contributed by atoms with Gasteiger partial charge in [0.2, 0.25) is 15.7 Å². The predicted molar refractivity (Wildman–Crippen MR) is 206 cm³/mol. The zero-order chi connectivity index (χ0) is 39.6. The van der Waals surface area contributed by atoms with E-state index in [0.29, 0.717) is 17.8 Å². The molecule has 6 N–H and O–H groups in total. The van der Waals surface area contributed by atoms with E-state index in [1.807, 2.05) is 84.1 Å². The molecule has 18 heteroatoms. The minimum Gasteiger partial charge on any atom is -0.344 e. The number of allylic oxidation sites excluding steroid dienone is 8. The molecule has 53 heavy (non-hydrogen) atoms. The van der Waals surface area contributed by atoms with Gasteiger partial charge in [0, 0.05) is 52.4 Å². The highest BCUT2D eigenvalue weighted by molar-refractivity contribution is 7.94. The second kappa shape index (κ2) is 16.3. The van der Waals surface area contributed by atoms with Gasteiger partial charge in [-0.3, -0.25) is 9.11 Å². The van der Waals surface area contributed by atoms with E-state index >= 15 is 0 Å². The number of rotatable bonds is 16. The first-order valence-corrected chi connectivity index (χ1v) is 21.9. The Kier molecular flexibility index (Phi) is 13.1. The Morgan fingerprint density at radius 1 is 0.849 bits per heavy atom. The zero-order valence-corrected chi connectivity index (χ0v) is 33.6. The van der Waals surface area contributed by atoms with Crippen LogP contribution in [0.2, 0.25) is 0 Å². The summed E-state index contributed by atoms with van der Waals surface area (Å²) in [6.45, 7) is 11.4. The topological polar surface area (TPSA) is 220 Å². The molecule has 0 bridgehead atoms. The third-order valence-corrected chi connectivity index (χ3v) is 13.7. The van der Waals surface area contributed by atoms with Crippen molar-refractivity contribution in [2.24, 2.45) is 11.0 Å². The quantitative estimate of drug-likeness (QED) is 0.0427. The first-order chi connectivity index (χ1) is 24.5. The molecule has 14 nitrogen and oxygen atoms in total. The number of nitrogens with zero attached hydrogens (tertiary/aromatic N) is 2. The van der Waals surface area contributed by atoms with E-state index in [1.165, 1.54) is 26.0 Å². The van der Waals surface area contributed by atoms with Gasteiger partial charge in [-0.05, 0) is 76.1 Å². The Bertz CT molecular complexity index is 2210. The molecule has 0 saturated carbocycles. The third kappa shape index (κ3) is 9.74. The van der Waals surface area contributed by atoms with E-state index in [2.05, 4.69) is 18.8 Å². The average Bonchev–Trinajstić information content (AvgIpc) is 3.40. The molecule has 2 aliphatic rings. The van der Waals surface area contributed by atoms with Crippen LogP contribution < -0.4 is 15.9 Å². The SMILES string of the molecule is CC(CCN1/C(=C/C=C/C=C/C=C/C2=[N+](CCC(C)S(=O)(=O)O)c3ccc(SOON)cc3C2(C)C)C(C)(C)c2cc(S(N)(=O)=O)ccc21)S(=O)(=O)O. The molecule has 2 aromatic carbocycles. The van der Waals surface area contributed by atoms with Gasteiger partial charge in [-0.2, -0.15) is 27.3 Å². The summed E-state index contributed by atoms with van der Waals surface area (Å²) in [6.07, 6.45) is 13.3. The summed E-state index contributed by atoms with van der Waals surface area (Å²) >= 11 is 0.957. The molecule has 0 saturated heterocycles. The summed E-state index contributed by atoms with van der Waals surface area (Å²) in [5, 5.41) is 3.45. The van der Waals surface area contributed by atoms with Crippen molar-refractivity contribution in [1.82, 2.24) is 0 Å². The summed E-state index contributed by atoms with van der Waals surface area (Å²) < 4.78 is 97.3. The van der Waals surface area contributed by atoms with Gasteiger partial charge in [-0.25, -0.2) is 13.6 Å². The summed E-state index contributed by atoms with van der Waals surface area (Å²) in [7, 11) is -12.4. The van der Waals surface area contributed by atoms with E-state index in [4.69, 9.17) is 15.4 Å². The Hall–Kier alpha value is -3.17. The maximum Gasteiger partial charge on any atom is 0.267 e. The van der Waals surface area contributed by atoms with Crippen molar-refractivity contribution in [2.45, 2.75) is 85.5 Å². The van der Waals surface area contributed by atoms with E-state index in [1.54, 1.807) is 6.07 Å². The molecule has 0 aromatic heterocycles. The fraction of sp³-hybridized carbons (Fsp3) is 0.400. The molecular weight excluding hydrogens is 765 g/mol. The first-order valence-electron chi connectivity index (χ1n) is 16.6. The molecule has 2 atom stereocenters. The fourth-order valence-electron chi connectivity index (χ4n) is 6.48. The van der Waals surface area contributed by atoms with Crippen LogP contribution in [0.4, 0.5) is 11.4 Å². The van der Waals surface area contributed by atoms with Gasteiger partial charge in [0.15, 0.2) is 12.3 Å². The van der Waals surface area contributed by atoms with Crippen LogP contribution in [0.3, 0.4) is 0 Å². The van der Waals surface area contributed by atoms with E-state index in [0.717, 1.165) is 39.6 Å². The molecule has 4 rings (SSSR count). The van der Waals surface area contributed by atoms with Crippen LogP contribution in [0.1, 0.15) is 65.5 Å². The molecule has 2 aliphatic heterocycles. The van der Waals surface area contributed by atoms with E-state index in [9.17, 15) is 34.4 Å². The molecule has 2 unspecified atom stereocenters. The van der Waals surface area contributed by atoms with Crippen LogP contribution in [0.25, 0.3) is 0 Å². The van der Waals surface area contributed by atoms with Gasteiger partial charge in [-0.15, -0.1) is 9.32 Å². The zero-order valence-electron chi connectivity index (χ0n) is 30.3. The summed E-state index contributed by atoms with van der Waals surface area (Å²) in [5.41, 5.74) is 3.80. The van der Waals surface area contributed by atoms with Crippen LogP contribution in [0.15, 0.2) is 94.4 Å². The smallest absolute Gasteiger partial charge is 0.267 e. The number of hydrogen-bond acceptors (Lipinski definition) is 11. The van der Waals surface area contributed by atoms with Gasteiger partial charge in [0.05, 0.1) is 32.9 Å². The molecule has 2 heterocycles. The van der Waals surface area contributed by atoms with Crippen LogP contribution in [-0.2, 0) is 50.4 Å². The number of sulfonamides is 1. The minimum atomic E-state index is -4.25. The monoisotopic (exact) mass is 811 g/mol. The summed E-state index contributed by atoms with van der Waals surface area (Å²) in [6, 6.07) is 10.3. The Balaban J connectivity index is 1.63. The number of hydrogen-bond donors (Lipinski definition) is 4. The van der Waals surface area contributed by atoms with Gasteiger partial charge in [0.25, 0.3) is 20.2 Å². The number of fused-ring (bicyclic) bond motifs is 2. The normalized spacial score (nSPS) is 19.2. The highest BCUT2D eigenvalue weighted by atomic mass is 32.2. The first kappa shape index (κ1) is 42.6. The van der Waals surface area contributed by atoms with Crippen molar-refractivity contribution >= 4 is 59.4 Å². The maximum absolute atomic E-state index is 12.2. The Morgan fingerprint density at radius 2 is 1.47 bits per heavy atom. The van der Waals surface area contributed by atoms with Crippen molar-refractivity contribution in [3.05, 3.63) is 95.8 Å². The second-order valence-electron chi connectivity index (χ2n) is 14.0. The van der Waals surface area contributed by atoms with Crippen molar-refractivity contribution < 1.29 is 48.3 Å². The molecule has 0 fully saturated rings. The van der Waals surface area contributed by atoms with Crippen LogP contribution in [0.5, 0.6) is 0 Å². The van der Waals surface area contributed by atoms with Gasteiger partial charge in [0.1, 0.15) is 0 Å². The van der Waals surface area contributed by atoms with Crippen molar-refractivity contribution in [2.75, 3.05) is 18.0 Å². The fourth-order valence-corrected chi connectivity index (χ4v) is 8.24. The molecule has 2 aromatic rings. The Labute approximate surface area is 316 Å². The molecule has 0 aliphatic carbocycles. The summed E-state index contributed by atoms with van der Waals surface area (Å²) in [4.78, 5) is 6.88. The molecule has 0 radical (unpaired) electrons. The number of benzene rings is 2. The van der Waals surface area contributed by atoms with E-state index in [-0.39, 0.29) is 24.3 Å². The highest BCUT2D eigenvalue weighted by Crippen LogP contribution is 2.48. The lowest BCUT2D eigenvalue weighted by Crippen LogP contribution is -2.30. The van der Waals surface area contributed by atoms with Crippen molar-refractivity contribution in [3.8, 4) is 0 Å². The largest absolute Gasteiger partial charge is 0.344 e. The van der Waals surface area contributed by atoms with Gasteiger partial charge >= 0.3 is 0 Å². The standard InChI is InChI=1S/C35H46N4O10S4/c1-24(52(42,43)44)18-20-38-30-16-14-26(50-49-48-36)22-28(30)34(3,4)32(38)12-10-8-7-9-11-13-33-35(5,6)29-23-27(51(37,40)41)15-17-31(29)39(33)21-19-25(2)53(45,46)47/h7-17,22-25H,18-21,36H2,1-6H3,(H3-,37,40,41,42,43,44,45,46,47)/p+1. The second-order valence-corrected chi connectivity index (χ2v) is 20.0. The average molecular weight is 812 g/mol. The van der Waals surface area contributed by atoms with Crippen LogP contribution in [-0.4, -0.2) is 68.2 Å². The van der Waals surface area contributed by atoms with Crippen molar-refractivity contribution in [1.29, 1.82) is 0 Å². The molecule has 0 amide bonds. The molecule has 0 spiro atoms. The minimum absolute atomic E-state index is 0.0328. The number of nitrogens with two attached hydrogens (primary N) is 2. The van der Waals surface area contributed by atoms with Gasteiger partial charge in [-0.1, -0.05) is 44.2 Å². The number of anilines is 1. The predicted octanol–water partition coefficient (Wildman–Crippen LogP) is 5.22. The third-order valence-electron chi connectivity index (χ3n) is 9.71. The summed E-state index contributed by atoms with van der Waals surface area (Å²) in [5.74, 6) is 5.01. The number of primary sulfonamides is 1. The van der Waals surface area contributed by atoms with E-state index < -0.39 is 51.6 Å². The van der Waals surface area contributed by atoms with Crippen LogP contribution in [0, 0.1) is 0 Å². The van der Waals surface area contributed by atoms with Gasteiger partial charge < -0.3 is 4.90 Å². The highest BCUT2D eigenvalue weighted by Gasteiger charge is 2.45. The van der Waals surface area contributed by atoms with Crippen LogP contribution >= 0.6 is 12.0 Å².